The maximum absolute atomic E-state index is 5.83. The lowest BCUT2D eigenvalue weighted by molar-refractivity contribution is -0.156. The molecular weight excluding hydrogens is 212 g/mol. The maximum atomic E-state index is 5.83. The molecule has 1 heterocycles. The normalized spacial score (nSPS) is 33.1. The molecule has 2 fully saturated rings. The van der Waals surface area contributed by atoms with Crippen molar-refractivity contribution in [2.75, 3.05) is 13.2 Å². The van der Waals surface area contributed by atoms with E-state index in [-0.39, 0.29) is 0 Å². The number of hydrogen-bond donors (Lipinski definition) is 0. The first-order valence-electron chi connectivity index (χ1n) is 6.63. The quantitative estimate of drug-likeness (QED) is 0.741. The number of hydrogen-bond acceptors (Lipinski definition) is 2. The fourth-order valence-corrected chi connectivity index (χ4v) is 3.01. The molecule has 3 atom stereocenters. The van der Waals surface area contributed by atoms with Crippen LogP contribution in [0.4, 0.5) is 0 Å². The molecular formula is C15H20O2. The molecule has 3 unspecified atom stereocenters. The molecule has 2 heteroatoms. The molecule has 0 bridgehead atoms. The van der Waals surface area contributed by atoms with Crippen molar-refractivity contribution in [1.29, 1.82) is 0 Å². The van der Waals surface area contributed by atoms with Gasteiger partial charge in [-0.1, -0.05) is 29.8 Å². The van der Waals surface area contributed by atoms with Gasteiger partial charge in [-0.25, -0.2) is 0 Å². The van der Waals surface area contributed by atoms with Crippen molar-refractivity contribution in [3.05, 3.63) is 35.4 Å². The van der Waals surface area contributed by atoms with E-state index in [1.807, 2.05) is 0 Å². The molecule has 1 aliphatic heterocycles. The van der Waals surface area contributed by atoms with Gasteiger partial charge in [0.1, 0.15) is 0 Å². The summed E-state index contributed by atoms with van der Waals surface area (Å²) in [6.07, 6.45) is 4.17. The Labute approximate surface area is 103 Å². The molecule has 0 amide bonds. The largest absolute Gasteiger partial charge is 0.373 e. The standard InChI is InChI=1S/C15H20O2/c1-11-2-4-12(5-3-11)13-6-7-14-15(10-13)17-9-8-16-14/h2-5,13-15H,6-10H2,1H3. The zero-order chi connectivity index (χ0) is 11.7. The van der Waals surface area contributed by atoms with Crippen LogP contribution in [-0.2, 0) is 9.47 Å². The predicted molar refractivity (Wildman–Crippen MR) is 67.3 cm³/mol. The smallest absolute Gasteiger partial charge is 0.0843 e. The van der Waals surface area contributed by atoms with Crippen LogP contribution >= 0.6 is 0 Å². The van der Waals surface area contributed by atoms with Gasteiger partial charge < -0.3 is 9.47 Å². The van der Waals surface area contributed by atoms with Crippen LogP contribution in [0.2, 0.25) is 0 Å². The minimum absolute atomic E-state index is 0.323. The first-order chi connectivity index (χ1) is 8.33. The van der Waals surface area contributed by atoms with Crippen LogP contribution < -0.4 is 0 Å². The molecule has 1 aliphatic carbocycles. The number of ether oxygens (including phenoxy) is 2. The van der Waals surface area contributed by atoms with Gasteiger partial charge >= 0.3 is 0 Å². The molecule has 1 aromatic carbocycles. The Morgan fingerprint density at radius 2 is 1.65 bits per heavy atom. The summed E-state index contributed by atoms with van der Waals surface area (Å²) in [5.74, 6) is 0.651. The van der Waals surface area contributed by atoms with Gasteiger partial charge in [0.05, 0.1) is 25.4 Å². The fraction of sp³-hybridized carbons (Fsp3) is 0.600. The van der Waals surface area contributed by atoms with Crippen LogP contribution in [0.1, 0.15) is 36.3 Å². The van der Waals surface area contributed by atoms with Crippen LogP contribution in [0, 0.1) is 6.92 Å². The van der Waals surface area contributed by atoms with E-state index < -0.39 is 0 Å². The van der Waals surface area contributed by atoms with Crippen molar-refractivity contribution in [3.8, 4) is 0 Å². The van der Waals surface area contributed by atoms with Crippen LogP contribution in [0.3, 0.4) is 0 Å². The van der Waals surface area contributed by atoms with Gasteiger partial charge in [0.25, 0.3) is 0 Å². The second-order valence-electron chi connectivity index (χ2n) is 5.24. The van der Waals surface area contributed by atoms with E-state index >= 15 is 0 Å². The second-order valence-corrected chi connectivity index (χ2v) is 5.24. The van der Waals surface area contributed by atoms with E-state index in [2.05, 4.69) is 31.2 Å². The summed E-state index contributed by atoms with van der Waals surface area (Å²) in [5, 5.41) is 0. The lowest BCUT2D eigenvalue weighted by Gasteiger charge is -2.39. The molecule has 0 aromatic heterocycles. The van der Waals surface area contributed by atoms with E-state index in [0.29, 0.717) is 18.1 Å². The minimum atomic E-state index is 0.323. The molecule has 0 radical (unpaired) electrons. The van der Waals surface area contributed by atoms with Crippen LogP contribution in [-0.4, -0.2) is 25.4 Å². The Hall–Kier alpha value is -0.860. The summed E-state index contributed by atoms with van der Waals surface area (Å²) in [6.45, 7) is 3.68. The van der Waals surface area contributed by atoms with E-state index in [1.165, 1.54) is 17.5 Å². The van der Waals surface area contributed by atoms with Crippen molar-refractivity contribution in [2.24, 2.45) is 0 Å². The molecule has 0 spiro atoms. The SMILES string of the molecule is Cc1ccc(C2CCC3OCCOC3C2)cc1. The first-order valence-corrected chi connectivity index (χ1v) is 6.63. The monoisotopic (exact) mass is 232 g/mol. The lowest BCUT2D eigenvalue weighted by atomic mass is 9.80. The maximum Gasteiger partial charge on any atom is 0.0843 e. The molecule has 1 saturated heterocycles. The summed E-state index contributed by atoms with van der Waals surface area (Å²) in [5.41, 5.74) is 2.79. The van der Waals surface area contributed by atoms with Crippen molar-refractivity contribution in [2.45, 2.75) is 44.3 Å². The number of benzene rings is 1. The number of fused-ring (bicyclic) bond motifs is 1. The average molecular weight is 232 g/mol. The molecule has 92 valence electrons. The number of rotatable bonds is 1. The topological polar surface area (TPSA) is 18.5 Å². The van der Waals surface area contributed by atoms with Crippen molar-refractivity contribution in [1.82, 2.24) is 0 Å². The lowest BCUT2D eigenvalue weighted by Crippen LogP contribution is -2.42. The number of aryl methyl sites for hydroxylation is 1. The highest BCUT2D eigenvalue weighted by Crippen LogP contribution is 2.36. The van der Waals surface area contributed by atoms with Crippen LogP contribution in [0.15, 0.2) is 24.3 Å². The third-order valence-corrected chi connectivity index (χ3v) is 4.03. The van der Waals surface area contributed by atoms with Gasteiger partial charge in [0, 0.05) is 0 Å². The van der Waals surface area contributed by atoms with Crippen LogP contribution in [0.5, 0.6) is 0 Å². The van der Waals surface area contributed by atoms with Gasteiger partial charge in [-0.2, -0.15) is 0 Å². The molecule has 17 heavy (non-hydrogen) atoms. The molecule has 2 nitrogen and oxygen atoms in total. The highest BCUT2D eigenvalue weighted by molar-refractivity contribution is 5.25. The summed E-state index contributed by atoms with van der Waals surface area (Å²) >= 11 is 0. The van der Waals surface area contributed by atoms with Gasteiger partial charge in [0.2, 0.25) is 0 Å². The van der Waals surface area contributed by atoms with Gasteiger partial charge in [-0.05, 0) is 37.7 Å². The van der Waals surface area contributed by atoms with Crippen molar-refractivity contribution in [3.63, 3.8) is 0 Å². The van der Waals surface area contributed by atoms with Gasteiger partial charge in [-0.3, -0.25) is 0 Å². The van der Waals surface area contributed by atoms with Gasteiger partial charge in [0.15, 0.2) is 0 Å². The first kappa shape index (κ1) is 11.2. The molecule has 2 aliphatic rings. The Bertz CT molecular complexity index is 371. The third-order valence-electron chi connectivity index (χ3n) is 4.03. The molecule has 3 rings (SSSR count). The summed E-state index contributed by atoms with van der Waals surface area (Å²) in [6, 6.07) is 8.95. The predicted octanol–water partition coefficient (Wildman–Crippen LogP) is 3.05. The Kier molecular flexibility index (Phi) is 3.17. The second kappa shape index (κ2) is 4.79. The van der Waals surface area contributed by atoms with Gasteiger partial charge in [-0.15, -0.1) is 0 Å². The molecule has 1 aromatic rings. The highest BCUT2D eigenvalue weighted by Gasteiger charge is 2.34. The fourth-order valence-electron chi connectivity index (χ4n) is 3.01. The van der Waals surface area contributed by atoms with E-state index in [1.54, 1.807) is 0 Å². The zero-order valence-electron chi connectivity index (χ0n) is 10.4. The summed E-state index contributed by atoms with van der Waals surface area (Å²) in [4.78, 5) is 0. The van der Waals surface area contributed by atoms with Crippen molar-refractivity contribution >= 4 is 0 Å². The Morgan fingerprint density at radius 1 is 0.941 bits per heavy atom. The summed E-state index contributed by atoms with van der Waals surface area (Å²) in [7, 11) is 0. The minimum Gasteiger partial charge on any atom is -0.373 e. The summed E-state index contributed by atoms with van der Waals surface area (Å²) < 4.78 is 11.6. The zero-order valence-corrected chi connectivity index (χ0v) is 10.4. The highest BCUT2D eigenvalue weighted by atomic mass is 16.6. The van der Waals surface area contributed by atoms with E-state index in [0.717, 1.165) is 26.1 Å². The van der Waals surface area contributed by atoms with Crippen LogP contribution in [0.25, 0.3) is 0 Å². The van der Waals surface area contributed by atoms with E-state index in [4.69, 9.17) is 9.47 Å². The molecule has 0 N–H and O–H groups in total. The van der Waals surface area contributed by atoms with E-state index in [9.17, 15) is 0 Å². The Morgan fingerprint density at radius 3 is 2.41 bits per heavy atom. The molecule has 1 saturated carbocycles. The average Bonchev–Trinajstić information content (AvgIpc) is 2.39. The Balaban J connectivity index is 1.71. The van der Waals surface area contributed by atoms with Crippen molar-refractivity contribution < 1.29 is 9.47 Å². The third kappa shape index (κ3) is 2.38.